The summed E-state index contributed by atoms with van der Waals surface area (Å²) in [5.41, 5.74) is 6.59. The summed E-state index contributed by atoms with van der Waals surface area (Å²) in [6, 6.07) is 4.56. The van der Waals surface area contributed by atoms with Crippen LogP contribution in [-0.2, 0) is 0 Å². The maximum absolute atomic E-state index is 9.37. The Kier molecular flexibility index (Phi) is 3.80. The molecule has 0 unspecified atom stereocenters. The minimum Gasteiger partial charge on any atom is -0.508 e. The number of nitrogens with two attached hydrogens (primary N) is 1. The lowest BCUT2D eigenvalue weighted by Gasteiger charge is -2.18. The first kappa shape index (κ1) is 11.4. The molecule has 4 N–H and O–H groups in total. The monoisotopic (exact) mass is 213 g/mol. The standard InChI is InChI=1S/C10H15NO2S/c1-6(12)10(11)8-5-7(13)3-4-9(8)14-2/h3-6,10,12-13H,11H2,1-2H3/t6-,10-/m0/s1. The number of hydrogen-bond acceptors (Lipinski definition) is 4. The van der Waals surface area contributed by atoms with Crippen LogP contribution < -0.4 is 5.73 Å². The molecule has 0 fully saturated rings. The van der Waals surface area contributed by atoms with Gasteiger partial charge in [0.15, 0.2) is 0 Å². The quantitative estimate of drug-likeness (QED) is 0.666. The molecule has 0 spiro atoms. The Labute approximate surface area is 87.9 Å². The van der Waals surface area contributed by atoms with Gasteiger partial charge in [-0.15, -0.1) is 11.8 Å². The van der Waals surface area contributed by atoms with Crippen molar-refractivity contribution >= 4 is 11.8 Å². The molecule has 1 rings (SSSR count). The maximum Gasteiger partial charge on any atom is 0.115 e. The van der Waals surface area contributed by atoms with E-state index in [4.69, 9.17) is 5.73 Å². The molecule has 0 bridgehead atoms. The Morgan fingerprint density at radius 2 is 2.07 bits per heavy atom. The van der Waals surface area contributed by atoms with Gasteiger partial charge in [-0.05, 0) is 36.9 Å². The molecule has 0 heterocycles. The zero-order valence-corrected chi connectivity index (χ0v) is 9.08. The summed E-state index contributed by atoms with van der Waals surface area (Å²) in [4.78, 5) is 0.983. The lowest BCUT2D eigenvalue weighted by atomic mass is 10.0. The van der Waals surface area contributed by atoms with Crippen LogP contribution in [0.25, 0.3) is 0 Å². The number of thioether (sulfide) groups is 1. The van der Waals surface area contributed by atoms with Crippen LogP contribution in [0.15, 0.2) is 23.1 Å². The number of aromatic hydroxyl groups is 1. The van der Waals surface area contributed by atoms with E-state index >= 15 is 0 Å². The van der Waals surface area contributed by atoms with E-state index in [9.17, 15) is 10.2 Å². The first-order valence-electron chi connectivity index (χ1n) is 4.36. The third kappa shape index (κ3) is 2.41. The van der Waals surface area contributed by atoms with Gasteiger partial charge >= 0.3 is 0 Å². The Morgan fingerprint density at radius 1 is 1.43 bits per heavy atom. The van der Waals surface area contributed by atoms with Gasteiger partial charge < -0.3 is 15.9 Å². The molecule has 1 aromatic carbocycles. The minimum atomic E-state index is -0.623. The van der Waals surface area contributed by atoms with E-state index in [0.717, 1.165) is 10.5 Å². The minimum absolute atomic E-state index is 0.175. The smallest absolute Gasteiger partial charge is 0.115 e. The first-order valence-corrected chi connectivity index (χ1v) is 5.59. The third-order valence-corrected chi connectivity index (χ3v) is 2.90. The largest absolute Gasteiger partial charge is 0.508 e. The van der Waals surface area contributed by atoms with E-state index in [1.807, 2.05) is 6.26 Å². The van der Waals surface area contributed by atoms with Crippen molar-refractivity contribution in [1.29, 1.82) is 0 Å². The molecule has 0 radical (unpaired) electrons. The second-order valence-corrected chi connectivity index (χ2v) is 4.04. The van der Waals surface area contributed by atoms with Gasteiger partial charge in [-0.1, -0.05) is 0 Å². The van der Waals surface area contributed by atoms with Crippen LogP contribution in [-0.4, -0.2) is 22.6 Å². The molecule has 0 aliphatic carbocycles. The van der Waals surface area contributed by atoms with Crippen LogP contribution >= 0.6 is 11.8 Å². The van der Waals surface area contributed by atoms with Gasteiger partial charge in [0.1, 0.15) is 5.75 Å². The second kappa shape index (κ2) is 4.68. The molecule has 0 aromatic heterocycles. The zero-order chi connectivity index (χ0) is 10.7. The normalized spacial score (nSPS) is 15.1. The van der Waals surface area contributed by atoms with Gasteiger partial charge in [0, 0.05) is 4.90 Å². The average molecular weight is 213 g/mol. The highest BCUT2D eigenvalue weighted by Gasteiger charge is 2.16. The highest BCUT2D eigenvalue weighted by atomic mass is 32.2. The molecule has 1 aromatic rings. The highest BCUT2D eigenvalue weighted by Crippen LogP contribution is 2.29. The van der Waals surface area contributed by atoms with Crippen molar-refractivity contribution in [2.45, 2.75) is 24.0 Å². The van der Waals surface area contributed by atoms with Crippen LogP contribution in [0.4, 0.5) is 0 Å². The van der Waals surface area contributed by atoms with Crippen LogP contribution in [0.1, 0.15) is 18.5 Å². The number of hydrogen-bond donors (Lipinski definition) is 3. The van der Waals surface area contributed by atoms with Crippen LogP contribution in [0, 0.1) is 0 Å². The lowest BCUT2D eigenvalue weighted by molar-refractivity contribution is 0.163. The Bertz CT molecular complexity index is 315. The molecule has 0 saturated carbocycles. The summed E-state index contributed by atoms with van der Waals surface area (Å²) in [5, 5.41) is 18.7. The molecule has 0 amide bonds. The fourth-order valence-electron chi connectivity index (χ4n) is 1.24. The number of aliphatic hydroxyl groups excluding tert-OH is 1. The highest BCUT2D eigenvalue weighted by molar-refractivity contribution is 7.98. The SMILES string of the molecule is CSc1ccc(O)cc1[C@@H](N)[C@H](C)O. The number of rotatable bonds is 3. The van der Waals surface area contributed by atoms with Gasteiger partial charge in [-0.25, -0.2) is 0 Å². The number of aliphatic hydroxyl groups is 1. The van der Waals surface area contributed by atoms with Crippen molar-refractivity contribution in [3.05, 3.63) is 23.8 Å². The van der Waals surface area contributed by atoms with Crippen LogP contribution in [0.3, 0.4) is 0 Å². The Balaban J connectivity index is 3.10. The summed E-state index contributed by atoms with van der Waals surface area (Å²) in [5.74, 6) is 0.175. The molecule has 0 aliphatic rings. The van der Waals surface area contributed by atoms with E-state index in [2.05, 4.69) is 0 Å². The van der Waals surface area contributed by atoms with Crippen LogP contribution in [0.2, 0.25) is 0 Å². The van der Waals surface area contributed by atoms with Crippen LogP contribution in [0.5, 0.6) is 5.75 Å². The second-order valence-electron chi connectivity index (χ2n) is 3.19. The topological polar surface area (TPSA) is 66.5 Å². The van der Waals surface area contributed by atoms with Crippen molar-refractivity contribution in [1.82, 2.24) is 0 Å². The van der Waals surface area contributed by atoms with Crippen molar-refractivity contribution in [3.8, 4) is 5.75 Å². The van der Waals surface area contributed by atoms with Gasteiger partial charge in [0.2, 0.25) is 0 Å². The van der Waals surface area contributed by atoms with Gasteiger partial charge in [0.05, 0.1) is 12.1 Å². The molecule has 14 heavy (non-hydrogen) atoms. The van der Waals surface area contributed by atoms with E-state index in [-0.39, 0.29) is 5.75 Å². The molecule has 4 heteroatoms. The van der Waals surface area contributed by atoms with E-state index < -0.39 is 12.1 Å². The van der Waals surface area contributed by atoms with Crippen molar-refractivity contribution in [3.63, 3.8) is 0 Å². The van der Waals surface area contributed by atoms with Gasteiger partial charge in [-0.3, -0.25) is 0 Å². The maximum atomic E-state index is 9.37. The molecular weight excluding hydrogens is 198 g/mol. The Morgan fingerprint density at radius 3 is 2.57 bits per heavy atom. The fraction of sp³-hybridized carbons (Fsp3) is 0.400. The number of benzene rings is 1. The molecular formula is C10H15NO2S. The molecule has 3 nitrogen and oxygen atoms in total. The van der Waals surface area contributed by atoms with E-state index in [1.54, 1.807) is 36.9 Å². The predicted molar refractivity (Wildman–Crippen MR) is 58.5 cm³/mol. The van der Waals surface area contributed by atoms with Gasteiger partial charge in [-0.2, -0.15) is 0 Å². The Hall–Kier alpha value is -0.710. The predicted octanol–water partition coefficient (Wildman–Crippen LogP) is 1.49. The van der Waals surface area contributed by atoms with E-state index in [0.29, 0.717) is 0 Å². The van der Waals surface area contributed by atoms with Crippen molar-refractivity contribution in [2.75, 3.05) is 6.26 Å². The third-order valence-electron chi connectivity index (χ3n) is 2.09. The molecule has 78 valence electrons. The van der Waals surface area contributed by atoms with Gasteiger partial charge in [0.25, 0.3) is 0 Å². The molecule has 0 saturated heterocycles. The van der Waals surface area contributed by atoms with E-state index in [1.165, 1.54) is 0 Å². The molecule has 0 aliphatic heterocycles. The summed E-state index contributed by atoms with van der Waals surface area (Å²) in [6.07, 6.45) is 1.31. The van der Waals surface area contributed by atoms with Crippen molar-refractivity contribution in [2.24, 2.45) is 5.73 Å². The zero-order valence-electron chi connectivity index (χ0n) is 8.27. The fourth-order valence-corrected chi connectivity index (χ4v) is 1.88. The average Bonchev–Trinajstić information content (AvgIpc) is 2.16. The summed E-state index contributed by atoms with van der Waals surface area (Å²) in [7, 11) is 0. The summed E-state index contributed by atoms with van der Waals surface area (Å²) >= 11 is 1.55. The van der Waals surface area contributed by atoms with Crippen molar-refractivity contribution < 1.29 is 10.2 Å². The molecule has 2 atom stereocenters. The summed E-state index contributed by atoms with van der Waals surface area (Å²) in [6.45, 7) is 1.64. The summed E-state index contributed by atoms with van der Waals surface area (Å²) < 4.78 is 0. The lowest BCUT2D eigenvalue weighted by Crippen LogP contribution is -2.23. The number of phenolic OH excluding ortho intramolecular Hbond substituents is 1. The first-order chi connectivity index (χ1) is 6.56. The number of phenols is 1.